The number of carbonyl (C=O) groups is 2. The van der Waals surface area contributed by atoms with Gasteiger partial charge in [-0.1, -0.05) is 54.6 Å². The number of para-hydroxylation sites is 1. The lowest BCUT2D eigenvalue weighted by Crippen LogP contribution is -2.54. The van der Waals surface area contributed by atoms with Crippen LogP contribution < -0.4 is 15.0 Å². The maximum Gasteiger partial charge on any atom is 0.270 e. The van der Waals surface area contributed by atoms with Crippen LogP contribution in [0.1, 0.15) is 11.1 Å². The highest BCUT2D eigenvalue weighted by Crippen LogP contribution is 2.27. The molecule has 1 fully saturated rings. The fraction of sp³-hybridized carbons (Fsp3) is 0.0357. The Balaban J connectivity index is 1.36. The number of hydrogen-bond acceptors (Lipinski definition) is 4. The van der Waals surface area contributed by atoms with Gasteiger partial charge in [0.1, 0.15) is 23.7 Å². The summed E-state index contributed by atoms with van der Waals surface area (Å²) < 4.78 is 21.2. The molecule has 0 radical (unpaired) electrons. The summed E-state index contributed by atoms with van der Waals surface area (Å²) in [6.07, 6.45) is 1.46. The molecule has 8 heteroatoms. The maximum atomic E-state index is 14.3. The average molecular weight is 608 g/mol. The molecule has 0 atom stereocenters. The van der Waals surface area contributed by atoms with Gasteiger partial charge in [-0.05, 0) is 93.1 Å². The van der Waals surface area contributed by atoms with E-state index in [0.717, 1.165) is 19.4 Å². The van der Waals surface area contributed by atoms with Crippen LogP contribution in [-0.4, -0.2) is 16.9 Å². The molecule has 1 N–H and O–H groups in total. The van der Waals surface area contributed by atoms with Gasteiger partial charge in [0, 0.05) is 0 Å². The summed E-state index contributed by atoms with van der Waals surface area (Å²) in [6, 6.07) is 25.5. The summed E-state index contributed by atoms with van der Waals surface area (Å²) in [6.45, 7) is 0.400. The van der Waals surface area contributed by atoms with Crippen molar-refractivity contribution in [2.24, 2.45) is 0 Å². The van der Waals surface area contributed by atoms with Gasteiger partial charge in [-0.15, -0.1) is 0 Å². The SMILES string of the molecule is O=C1NC(=S)N(c2ccccc2F)C(=O)/C1=C/c1ccc(OCc2ccc3ccccc3c2)c(I)c1. The van der Waals surface area contributed by atoms with Gasteiger partial charge in [0.2, 0.25) is 0 Å². The van der Waals surface area contributed by atoms with Crippen LogP contribution in [0.3, 0.4) is 0 Å². The molecule has 1 aliphatic heterocycles. The minimum atomic E-state index is -0.694. The number of ether oxygens (including phenoxy) is 1. The van der Waals surface area contributed by atoms with Crippen molar-refractivity contribution >= 4 is 74.3 Å². The smallest absolute Gasteiger partial charge is 0.270 e. The fourth-order valence-electron chi connectivity index (χ4n) is 3.89. The van der Waals surface area contributed by atoms with Crippen molar-refractivity contribution in [3.8, 4) is 5.75 Å². The lowest BCUT2D eigenvalue weighted by atomic mass is 10.1. The standard InChI is InChI=1S/C28H18FIN2O3S/c29-22-7-3-4-8-24(22)32-27(34)21(26(33)31-28(32)36)14-17-10-12-25(23(30)15-17)35-16-18-9-11-19-5-1-2-6-20(19)13-18/h1-15H,16H2,(H,31,33,36)/b21-14+. The highest BCUT2D eigenvalue weighted by Gasteiger charge is 2.35. The molecule has 0 aromatic heterocycles. The summed E-state index contributed by atoms with van der Waals surface area (Å²) in [5.41, 5.74) is 1.50. The summed E-state index contributed by atoms with van der Waals surface area (Å²) in [4.78, 5) is 26.7. The van der Waals surface area contributed by atoms with Crippen molar-refractivity contribution in [1.29, 1.82) is 0 Å². The highest BCUT2D eigenvalue weighted by atomic mass is 127. The van der Waals surface area contributed by atoms with Gasteiger partial charge >= 0.3 is 0 Å². The fourth-order valence-corrected chi connectivity index (χ4v) is 4.86. The molecule has 178 valence electrons. The Labute approximate surface area is 225 Å². The van der Waals surface area contributed by atoms with Gasteiger partial charge in [-0.3, -0.25) is 14.9 Å². The minimum absolute atomic E-state index is 0.0228. The van der Waals surface area contributed by atoms with Crippen LogP contribution in [0.2, 0.25) is 0 Å². The number of carbonyl (C=O) groups excluding carboxylic acids is 2. The van der Waals surface area contributed by atoms with Crippen LogP contribution >= 0.6 is 34.8 Å². The molecular formula is C28H18FIN2O3S. The van der Waals surface area contributed by atoms with Crippen LogP contribution in [0.5, 0.6) is 5.75 Å². The number of halogens is 2. The van der Waals surface area contributed by atoms with Crippen LogP contribution in [-0.2, 0) is 16.2 Å². The summed E-state index contributed by atoms with van der Waals surface area (Å²) >= 11 is 7.28. The second-order valence-electron chi connectivity index (χ2n) is 8.07. The van der Waals surface area contributed by atoms with E-state index in [0.29, 0.717) is 17.9 Å². The molecule has 0 spiro atoms. The van der Waals surface area contributed by atoms with Crippen LogP contribution in [0.15, 0.2) is 90.5 Å². The average Bonchev–Trinajstić information content (AvgIpc) is 2.87. The first-order valence-electron chi connectivity index (χ1n) is 11.0. The van der Waals surface area contributed by atoms with Gasteiger partial charge in [-0.2, -0.15) is 0 Å². The number of thiocarbonyl (C=S) groups is 1. The molecule has 4 aromatic carbocycles. The van der Waals surface area contributed by atoms with Gasteiger partial charge in [0.15, 0.2) is 5.11 Å². The molecule has 5 rings (SSSR count). The van der Waals surface area contributed by atoms with E-state index in [1.807, 2.05) is 24.3 Å². The molecular weight excluding hydrogens is 590 g/mol. The number of fused-ring (bicyclic) bond motifs is 1. The monoisotopic (exact) mass is 608 g/mol. The Hall–Kier alpha value is -3.63. The predicted octanol–water partition coefficient (Wildman–Crippen LogP) is 5.99. The van der Waals surface area contributed by atoms with Crippen molar-refractivity contribution in [1.82, 2.24) is 5.32 Å². The van der Waals surface area contributed by atoms with Crippen molar-refractivity contribution in [2.45, 2.75) is 6.61 Å². The molecule has 1 heterocycles. The number of benzene rings is 4. The predicted molar refractivity (Wildman–Crippen MR) is 150 cm³/mol. The van der Waals surface area contributed by atoms with E-state index in [2.05, 4.69) is 52.2 Å². The van der Waals surface area contributed by atoms with E-state index in [4.69, 9.17) is 17.0 Å². The van der Waals surface area contributed by atoms with E-state index in [-0.39, 0.29) is 16.4 Å². The molecule has 1 aliphatic rings. The summed E-state index contributed by atoms with van der Waals surface area (Å²) in [7, 11) is 0. The molecule has 0 aliphatic carbocycles. The van der Waals surface area contributed by atoms with Crippen molar-refractivity contribution < 1.29 is 18.7 Å². The summed E-state index contributed by atoms with van der Waals surface area (Å²) in [5, 5.41) is 4.62. The van der Waals surface area contributed by atoms with Crippen LogP contribution in [0.4, 0.5) is 10.1 Å². The Morgan fingerprint density at radius 3 is 2.47 bits per heavy atom. The van der Waals surface area contributed by atoms with Crippen LogP contribution in [0.25, 0.3) is 16.8 Å². The molecule has 0 unspecified atom stereocenters. The lowest BCUT2D eigenvalue weighted by Gasteiger charge is -2.29. The van der Waals surface area contributed by atoms with E-state index in [9.17, 15) is 14.0 Å². The van der Waals surface area contributed by atoms with Gasteiger partial charge in [0.05, 0.1) is 9.26 Å². The number of anilines is 1. The van der Waals surface area contributed by atoms with E-state index in [1.54, 1.807) is 18.2 Å². The third-order valence-electron chi connectivity index (χ3n) is 5.67. The van der Waals surface area contributed by atoms with Crippen molar-refractivity contribution in [3.63, 3.8) is 0 Å². The van der Waals surface area contributed by atoms with E-state index < -0.39 is 17.6 Å². The molecule has 0 bridgehead atoms. The molecule has 2 amide bonds. The Morgan fingerprint density at radius 2 is 1.69 bits per heavy atom. The molecule has 1 saturated heterocycles. The topological polar surface area (TPSA) is 58.6 Å². The zero-order valence-corrected chi connectivity index (χ0v) is 21.7. The maximum absolute atomic E-state index is 14.3. The number of amides is 2. The molecule has 5 nitrogen and oxygen atoms in total. The van der Waals surface area contributed by atoms with E-state index in [1.165, 1.54) is 29.7 Å². The van der Waals surface area contributed by atoms with Gasteiger partial charge in [-0.25, -0.2) is 9.29 Å². The molecule has 4 aromatic rings. The zero-order chi connectivity index (χ0) is 25.2. The Bertz CT molecular complexity index is 1570. The second kappa shape index (κ2) is 10.2. The summed E-state index contributed by atoms with van der Waals surface area (Å²) in [5.74, 6) is -1.27. The molecule has 36 heavy (non-hydrogen) atoms. The first kappa shape index (κ1) is 24.1. The van der Waals surface area contributed by atoms with Crippen LogP contribution in [0, 0.1) is 9.39 Å². The van der Waals surface area contributed by atoms with Crippen molar-refractivity contribution in [2.75, 3.05) is 4.90 Å². The third kappa shape index (κ3) is 4.87. The molecule has 0 saturated carbocycles. The number of nitrogens with one attached hydrogen (secondary N) is 1. The first-order valence-corrected chi connectivity index (χ1v) is 12.5. The Kier molecular flexibility index (Phi) is 6.80. The highest BCUT2D eigenvalue weighted by molar-refractivity contribution is 14.1. The van der Waals surface area contributed by atoms with Crippen molar-refractivity contribution in [3.05, 3.63) is 111 Å². The zero-order valence-electron chi connectivity index (χ0n) is 18.7. The number of hydrogen-bond donors (Lipinski definition) is 1. The van der Waals surface area contributed by atoms with Gasteiger partial charge in [0.25, 0.3) is 11.8 Å². The number of nitrogens with zero attached hydrogens (tertiary/aromatic N) is 1. The largest absolute Gasteiger partial charge is 0.488 e. The van der Waals surface area contributed by atoms with Gasteiger partial charge < -0.3 is 4.74 Å². The third-order valence-corrected chi connectivity index (χ3v) is 6.80. The Morgan fingerprint density at radius 1 is 0.944 bits per heavy atom. The van der Waals surface area contributed by atoms with E-state index >= 15 is 0 Å². The first-order chi connectivity index (χ1) is 17.4. The normalized spacial score (nSPS) is 14.9. The minimum Gasteiger partial charge on any atom is -0.488 e. The number of rotatable bonds is 5. The lowest BCUT2D eigenvalue weighted by molar-refractivity contribution is -0.122. The quantitative estimate of drug-likeness (QED) is 0.131. The second-order valence-corrected chi connectivity index (χ2v) is 9.62.